The molecule has 2 N–H and O–H groups in total. The Balaban J connectivity index is 2.29. The standard InChI is InChI=1S/C15H17BrN2O/c1-10(2)19-12-7-11(8-18-9-12)15(17)13-5-3-4-6-14(13)16/h3-10,15H,17H2,1-2H3. The molecule has 1 aromatic heterocycles. The Hall–Kier alpha value is -1.39. The fourth-order valence-corrected chi connectivity index (χ4v) is 2.38. The van der Waals surface area contributed by atoms with Crippen LogP contribution in [0.15, 0.2) is 47.2 Å². The molecule has 1 heterocycles. The van der Waals surface area contributed by atoms with E-state index in [1.807, 2.05) is 44.2 Å². The fourth-order valence-electron chi connectivity index (χ4n) is 1.85. The van der Waals surface area contributed by atoms with Crippen LogP contribution in [0.2, 0.25) is 0 Å². The van der Waals surface area contributed by atoms with Crippen LogP contribution in [0.5, 0.6) is 5.75 Å². The first-order valence-electron chi connectivity index (χ1n) is 6.19. The number of nitrogens with two attached hydrogens (primary N) is 1. The van der Waals surface area contributed by atoms with E-state index in [2.05, 4.69) is 20.9 Å². The molecule has 0 saturated heterocycles. The predicted octanol–water partition coefficient (Wildman–Crippen LogP) is 3.68. The lowest BCUT2D eigenvalue weighted by molar-refractivity contribution is 0.241. The van der Waals surface area contributed by atoms with Crippen LogP contribution in [-0.2, 0) is 0 Å². The van der Waals surface area contributed by atoms with Crippen molar-refractivity contribution in [3.05, 3.63) is 58.3 Å². The summed E-state index contributed by atoms with van der Waals surface area (Å²) in [4.78, 5) is 4.19. The molecule has 2 rings (SSSR count). The second-order valence-corrected chi connectivity index (χ2v) is 5.47. The van der Waals surface area contributed by atoms with Crippen LogP contribution in [0.3, 0.4) is 0 Å². The molecule has 1 unspecified atom stereocenters. The number of rotatable bonds is 4. The monoisotopic (exact) mass is 320 g/mol. The minimum Gasteiger partial charge on any atom is -0.489 e. The summed E-state index contributed by atoms with van der Waals surface area (Å²) >= 11 is 3.52. The third kappa shape index (κ3) is 3.55. The van der Waals surface area contributed by atoms with Crippen LogP contribution in [0.4, 0.5) is 0 Å². The first-order chi connectivity index (χ1) is 9.08. The van der Waals surface area contributed by atoms with Gasteiger partial charge in [0.15, 0.2) is 0 Å². The molecule has 2 aromatic rings. The lowest BCUT2D eigenvalue weighted by Crippen LogP contribution is -2.13. The van der Waals surface area contributed by atoms with Gasteiger partial charge in [0, 0.05) is 10.7 Å². The molecule has 1 aromatic carbocycles. The molecule has 0 aliphatic rings. The summed E-state index contributed by atoms with van der Waals surface area (Å²) in [6, 6.07) is 9.65. The van der Waals surface area contributed by atoms with Crippen LogP contribution in [-0.4, -0.2) is 11.1 Å². The maximum atomic E-state index is 6.29. The molecule has 100 valence electrons. The van der Waals surface area contributed by atoms with Crippen molar-refractivity contribution in [2.75, 3.05) is 0 Å². The minimum absolute atomic E-state index is 0.122. The summed E-state index contributed by atoms with van der Waals surface area (Å²) in [7, 11) is 0. The third-order valence-electron chi connectivity index (χ3n) is 2.71. The van der Waals surface area contributed by atoms with E-state index in [4.69, 9.17) is 10.5 Å². The number of ether oxygens (including phenoxy) is 1. The number of pyridine rings is 1. The molecule has 0 aliphatic heterocycles. The SMILES string of the molecule is CC(C)Oc1cncc(C(N)c2ccccc2Br)c1. The highest BCUT2D eigenvalue weighted by atomic mass is 79.9. The van der Waals surface area contributed by atoms with Gasteiger partial charge in [-0.05, 0) is 37.1 Å². The van der Waals surface area contributed by atoms with Crippen molar-refractivity contribution in [3.63, 3.8) is 0 Å². The van der Waals surface area contributed by atoms with Crippen LogP contribution < -0.4 is 10.5 Å². The highest BCUT2D eigenvalue weighted by molar-refractivity contribution is 9.10. The smallest absolute Gasteiger partial charge is 0.138 e. The Morgan fingerprint density at radius 1 is 1.21 bits per heavy atom. The van der Waals surface area contributed by atoms with Crippen molar-refractivity contribution >= 4 is 15.9 Å². The molecule has 0 radical (unpaired) electrons. The van der Waals surface area contributed by atoms with E-state index in [0.717, 1.165) is 21.3 Å². The summed E-state index contributed by atoms with van der Waals surface area (Å²) < 4.78 is 6.64. The highest BCUT2D eigenvalue weighted by Crippen LogP contribution is 2.27. The van der Waals surface area contributed by atoms with Gasteiger partial charge in [-0.15, -0.1) is 0 Å². The highest BCUT2D eigenvalue weighted by Gasteiger charge is 2.13. The Kier molecular flexibility index (Phi) is 4.56. The van der Waals surface area contributed by atoms with E-state index >= 15 is 0 Å². The number of hydrogen-bond acceptors (Lipinski definition) is 3. The molecule has 0 spiro atoms. The van der Waals surface area contributed by atoms with Crippen molar-refractivity contribution in [1.82, 2.24) is 4.98 Å². The van der Waals surface area contributed by atoms with E-state index in [-0.39, 0.29) is 12.1 Å². The van der Waals surface area contributed by atoms with Crippen molar-refractivity contribution in [3.8, 4) is 5.75 Å². The van der Waals surface area contributed by atoms with Crippen molar-refractivity contribution in [1.29, 1.82) is 0 Å². The van der Waals surface area contributed by atoms with Gasteiger partial charge in [-0.3, -0.25) is 4.98 Å². The first kappa shape index (κ1) is 14.0. The zero-order valence-electron chi connectivity index (χ0n) is 11.0. The van der Waals surface area contributed by atoms with Gasteiger partial charge >= 0.3 is 0 Å². The van der Waals surface area contributed by atoms with Gasteiger partial charge in [0.25, 0.3) is 0 Å². The van der Waals surface area contributed by atoms with E-state index < -0.39 is 0 Å². The second-order valence-electron chi connectivity index (χ2n) is 4.62. The van der Waals surface area contributed by atoms with Crippen LogP contribution in [0.1, 0.15) is 31.0 Å². The molecule has 19 heavy (non-hydrogen) atoms. The third-order valence-corrected chi connectivity index (χ3v) is 3.43. The van der Waals surface area contributed by atoms with E-state index in [1.165, 1.54) is 0 Å². The van der Waals surface area contributed by atoms with E-state index in [9.17, 15) is 0 Å². The maximum Gasteiger partial charge on any atom is 0.138 e. The number of nitrogens with zero attached hydrogens (tertiary/aromatic N) is 1. The number of halogens is 1. The zero-order valence-corrected chi connectivity index (χ0v) is 12.6. The summed E-state index contributed by atoms with van der Waals surface area (Å²) in [5.74, 6) is 0.745. The average Bonchev–Trinajstić information content (AvgIpc) is 2.38. The fraction of sp³-hybridized carbons (Fsp3) is 0.267. The lowest BCUT2D eigenvalue weighted by atomic mass is 10.0. The molecule has 0 fully saturated rings. The van der Waals surface area contributed by atoms with Gasteiger partial charge in [0.2, 0.25) is 0 Å². The molecule has 0 saturated carbocycles. The van der Waals surface area contributed by atoms with Gasteiger partial charge in [0.05, 0.1) is 18.3 Å². The molecular formula is C15H17BrN2O. The van der Waals surface area contributed by atoms with Crippen LogP contribution >= 0.6 is 15.9 Å². The van der Waals surface area contributed by atoms with Gasteiger partial charge in [0.1, 0.15) is 5.75 Å². The van der Waals surface area contributed by atoms with Crippen molar-refractivity contribution in [2.45, 2.75) is 26.0 Å². The normalized spacial score (nSPS) is 12.5. The zero-order chi connectivity index (χ0) is 13.8. The Morgan fingerprint density at radius 3 is 2.63 bits per heavy atom. The Morgan fingerprint density at radius 2 is 1.95 bits per heavy atom. The molecule has 4 heteroatoms. The van der Waals surface area contributed by atoms with E-state index in [0.29, 0.717) is 0 Å². The minimum atomic E-state index is -0.223. The largest absolute Gasteiger partial charge is 0.489 e. The van der Waals surface area contributed by atoms with Crippen molar-refractivity contribution < 1.29 is 4.74 Å². The Labute approximate surface area is 121 Å². The number of benzene rings is 1. The average molecular weight is 321 g/mol. The second kappa shape index (κ2) is 6.17. The van der Waals surface area contributed by atoms with Crippen molar-refractivity contribution in [2.24, 2.45) is 5.73 Å². The van der Waals surface area contributed by atoms with Crippen LogP contribution in [0.25, 0.3) is 0 Å². The molecule has 0 amide bonds. The van der Waals surface area contributed by atoms with E-state index in [1.54, 1.807) is 12.4 Å². The number of aromatic nitrogens is 1. The van der Waals surface area contributed by atoms with Gasteiger partial charge < -0.3 is 10.5 Å². The quantitative estimate of drug-likeness (QED) is 0.934. The first-order valence-corrected chi connectivity index (χ1v) is 6.99. The summed E-state index contributed by atoms with van der Waals surface area (Å²) in [6.45, 7) is 3.97. The molecule has 0 aliphatic carbocycles. The summed E-state index contributed by atoms with van der Waals surface area (Å²) in [6.07, 6.45) is 3.60. The molecular weight excluding hydrogens is 304 g/mol. The summed E-state index contributed by atoms with van der Waals surface area (Å²) in [5.41, 5.74) is 8.26. The summed E-state index contributed by atoms with van der Waals surface area (Å²) in [5, 5.41) is 0. The molecule has 3 nitrogen and oxygen atoms in total. The van der Waals surface area contributed by atoms with Gasteiger partial charge in [-0.25, -0.2) is 0 Å². The molecule has 0 bridgehead atoms. The predicted molar refractivity (Wildman–Crippen MR) is 80.2 cm³/mol. The van der Waals surface area contributed by atoms with Gasteiger partial charge in [-0.1, -0.05) is 34.1 Å². The molecule has 1 atom stereocenters. The lowest BCUT2D eigenvalue weighted by Gasteiger charge is -2.16. The Bertz CT molecular complexity index is 557. The topological polar surface area (TPSA) is 48.1 Å². The van der Waals surface area contributed by atoms with Crippen LogP contribution in [0, 0.1) is 0 Å². The number of hydrogen-bond donors (Lipinski definition) is 1. The maximum absolute atomic E-state index is 6.29. The van der Waals surface area contributed by atoms with Gasteiger partial charge in [-0.2, -0.15) is 0 Å².